The number of ether oxygens (including phenoxy) is 1. The quantitative estimate of drug-likeness (QED) is 0.649. The number of carbonyl (C=O) groups is 1. The van der Waals surface area contributed by atoms with E-state index in [-0.39, 0.29) is 5.91 Å². The summed E-state index contributed by atoms with van der Waals surface area (Å²) in [5.41, 5.74) is 0.781. The van der Waals surface area contributed by atoms with Gasteiger partial charge in [-0.1, -0.05) is 6.07 Å². The van der Waals surface area contributed by atoms with Crippen LogP contribution in [0.15, 0.2) is 24.3 Å². The lowest BCUT2D eigenvalue weighted by Gasteiger charge is -2.11. The van der Waals surface area contributed by atoms with Crippen LogP contribution in [0.3, 0.4) is 0 Å². The first kappa shape index (κ1) is 16.8. The van der Waals surface area contributed by atoms with E-state index in [4.69, 9.17) is 4.74 Å². The minimum atomic E-state index is -0.00888. The Bertz CT molecular complexity index is 473. The molecule has 1 aliphatic carbocycles. The Morgan fingerprint density at radius 2 is 2.18 bits per heavy atom. The molecule has 0 aromatic heterocycles. The highest BCUT2D eigenvalue weighted by Crippen LogP contribution is 2.27. The zero-order valence-corrected chi connectivity index (χ0v) is 13.6. The number of benzene rings is 1. The van der Waals surface area contributed by atoms with Gasteiger partial charge in [-0.15, -0.1) is 0 Å². The molecule has 0 atom stereocenters. The summed E-state index contributed by atoms with van der Waals surface area (Å²) < 4.78 is 5.71. The Balaban J connectivity index is 1.68. The largest absolute Gasteiger partial charge is 0.493 e. The van der Waals surface area contributed by atoms with Crippen molar-refractivity contribution < 1.29 is 9.53 Å². The van der Waals surface area contributed by atoms with Gasteiger partial charge in [0.2, 0.25) is 5.91 Å². The van der Waals surface area contributed by atoms with E-state index in [9.17, 15) is 4.79 Å². The van der Waals surface area contributed by atoms with Gasteiger partial charge in [-0.3, -0.25) is 4.79 Å². The highest BCUT2D eigenvalue weighted by Gasteiger charge is 2.20. The molecule has 1 aromatic rings. The fourth-order valence-corrected chi connectivity index (χ4v) is 2.15. The number of hydrogen-bond acceptors (Lipinski definition) is 4. The fourth-order valence-electron chi connectivity index (χ4n) is 2.15. The number of carbonyl (C=O) groups excluding carboxylic acids is 1. The number of rotatable bonds is 10. The Morgan fingerprint density at radius 1 is 1.36 bits per heavy atom. The Hall–Kier alpha value is -1.59. The van der Waals surface area contributed by atoms with Crippen LogP contribution in [0.5, 0.6) is 5.75 Å². The van der Waals surface area contributed by atoms with Crippen LogP contribution in [0.2, 0.25) is 0 Å². The third kappa shape index (κ3) is 6.91. The van der Waals surface area contributed by atoms with Crippen LogP contribution < -0.4 is 15.4 Å². The van der Waals surface area contributed by atoms with Gasteiger partial charge in [0.1, 0.15) is 5.75 Å². The second-order valence-electron chi connectivity index (χ2n) is 6.16. The maximum absolute atomic E-state index is 11.8. The Morgan fingerprint density at radius 3 is 2.91 bits per heavy atom. The lowest BCUT2D eigenvalue weighted by atomic mass is 10.3. The average molecular weight is 305 g/mol. The standard InChI is InChI=1S/C17H27N3O2/c1-20(2)9-4-10-22-16-6-3-5-15(11-16)19-17(21)13-18-12-14-7-8-14/h3,5-6,11,14,18H,4,7-10,12-13H2,1-2H3,(H,19,21). The second kappa shape index (κ2) is 8.76. The van der Waals surface area contributed by atoms with E-state index in [2.05, 4.69) is 15.5 Å². The van der Waals surface area contributed by atoms with Gasteiger partial charge in [0, 0.05) is 18.3 Å². The Kier molecular flexibility index (Phi) is 6.68. The summed E-state index contributed by atoms with van der Waals surface area (Å²) in [6, 6.07) is 7.56. The predicted molar refractivity (Wildman–Crippen MR) is 89.3 cm³/mol. The third-order valence-electron chi connectivity index (χ3n) is 3.55. The summed E-state index contributed by atoms with van der Waals surface area (Å²) >= 11 is 0. The molecule has 0 radical (unpaired) electrons. The topological polar surface area (TPSA) is 53.6 Å². The van der Waals surface area contributed by atoms with Crippen molar-refractivity contribution in [3.63, 3.8) is 0 Å². The van der Waals surface area contributed by atoms with Gasteiger partial charge >= 0.3 is 0 Å². The first-order valence-corrected chi connectivity index (χ1v) is 8.01. The average Bonchev–Trinajstić information content (AvgIpc) is 3.28. The van der Waals surface area contributed by atoms with Crippen LogP contribution >= 0.6 is 0 Å². The second-order valence-corrected chi connectivity index (χ2v) is 6.16. The molecule has 1 amide bonds. The van der Waals surface area contributed by atoms with Gasteiger partial charge in [0.25, 0.3) is 0 Å². The van der Waals surface area contributed by atoms with Gasteiger partial charge in [-0.05, 0) is 58.0 Å². The van der Waals surface area contributed by atoms with Crippen LogP contribution in [0.1, 0.15) is 19.3 Å². The molecule has 0 heterocycles. The normalized spacial score (nSPS) is 14.1. The molecular formula is C17H27N3O2. The highest BCUT2D eigenvalue weighted by molar-refractivity contribution is 5.92. The lowest BCUT2D eigenvalue weighted by molar-refractivity contribution is -0.115. The molecule has 0 unspecified atom stereocenters. The Labute approximate surface area is 133 Å². The minimum Gasteiger partial charge on any atom is -0.493 e. The van der Waals surface area contributed by atoms with Crippen molar-refractivity contribution in [2.45, 2.75) is 19.3 Å². The van der Waals surface area contributed by atoms with Gasteiger partial charge in [0.15, 0.2) is 0 Å². The zero-order valence-electron chi connectivity index (χ0n) is 13.6. The van der Waals surface area contributed by atoms with Crippen LogP contribution in [-0.4, -0.2) is 51.1 Å². The SMILES string of the molecule is CN(C)CCCOc1cccc(NC(=O)CNCC2CC2)c1. The molecule has 5 heteroatoms. The summed E-state index contributed by atoms with van der Waals surface area (Å²) in [7, 11) is 4.10. The fraction of sp³-hybridized carbons (Fsp3) is 0.588. The molecule has 2 N–H and O–H groups in total. The molecule has 0 bridgehead atoms. The van der Waals surface area contributed by atoms with Crippen molar-refractivity contribution >= 4 is 11.6 Å². The van der Waals surface area contributed by atoms with E-state index >= 15 is 0 Å². The van der Waals surface area contributed by atoms with Crippen LogP contribution in [-0.2, 0) is 4.79 Å². The van der Waals surface area contributed by atoms with Crippen molar-refractivity contribution in [3.8, 4) is 5.75 Å². The van der Waals surface area contributed by atoms with Crippen LogP contribution in [0.25, 0.3) is 0 Å². The number of amides is 1. The summed E-state index contributed by atoms with van der Waals surface area (Å²) in [6.07, 6.45) is 3.57. The monoisotopic (exact) mass is 305 g/mol. The maximum Gasteiger partial charge on any atom is 0.238 e. The van der Waals surface area contributed by atoms with E-state index in [0.717, 1.165) is 36.9 Å². The molecular weight excluding hydrogens is 278 g/mol. The van der Waals surface area contributed by atoms with Crippen LogP contribution in [0.4, 0.5) is 5.69 Å². The molecule has 0 saturated heterocycles. The molecule has 0 spiro atoms. The zero-order chi connectivity index (χ0) is 15.8. The van der Waals surface area contributed by atoms with Crippen molar-refractivity contribution in [3.05, 3.63) is 24.3 Å². The molecule has 1 aromatic carbocycles. The summed E-state index contributed by atoms with van der Waals surface area (Å²) in [6.45, 7) is 2.99. The molecule has 122 valence electrons. The number of anilines is 1. The molecule has 5 nitrogen and oxygen atoms in total. The molecule has 0 aliphatic heterocycles. The summed E-state index contributed by atoms with van der Waals surface area (Å²) in [5, 5.41) is 6.08. The van der Waals surface area contributed by atoms with Crippen LogP contribution in [0, 0.1) is 5.92 Å². The van der Waals surface area contributed by atoms with Gasteiger partial charge < -0.3 is 20.3 Å². The predicted octanol–water partition coefficient (Wildman–Crippen LogP) is 1.96. The summed E-state index contributed by atoms with van der Waals surface area (Å²) in [5.74, 6) is 1.57. The van der Waals surface area contributed by atoms with E-state index < -0.39 is 0 Å². The maximum atomic E-state index is 11.8. The highest BCUT2D eigenvalue weighted by atomic mass is 16.5. The lowest BCUT2D eigenvalue weighted by Crippen LogP contribution is -2.29. The van der Waals surface area contributed by atoms with E-state index in [1.54, 1.807) is 0 Å². The van der Waals surface area contributed by atoms with Crippen molar-refractivity contribution in [2.75, 3.05) is 45.7 Å². The minimum absolute atomic E-state index is 0.00888. The first-order valence-electron chi connectivity index (χ1n) is 8.01. The van der Waals surface area contributed by atoms with Gasteiger partial charge in [-0.2, -0.15) is 0 Å². The van der Waals surface area contributed by atoms with Crippen molar-refractivity contribution in [1.29, 1.82) is 0 Å². The number of nitrogens with zero attached hydrogens (tertiary/aromatic N) is 1. The van der Waals surface area contributed by atoms with Gasteiger partial charge in [0.05, 0.1) is 13.2 Å². The van der Waals surface area contributed by atoms with Gasteiger partial charge in [-0.25, -0.2) is 0 Å². The molecule has 1 saturated carbocycles. The first-order chi connectivity index (χ1) is 10.6. The molecule has 1 aliphatic rings. The third-order valence-corrected chi connectivity index (χ3v) is 3.55. The molecule has 1 fully saturated rings. The smallest absolute Gasteiger partial charge is 0.238 e. The van der Waals surface area contributed by atoms with Crippen molar-refractivity contribution in [2.24, 2.45) is 5.92 Å². The molecule has 22 heavy (non-hydrogen) atoms. The number of nitrogens with one attached hydrogen (secondary N) is 2. The van der Waals surface area contributed by atoms with E-state index in [1.165, 1.54) is 12.8 Å². The van der Waals surface area contributed by atoms with Crippen molar-refractivity contribution in [1.82, 2.24) is 10.2 Å². The number of hydrogen-bond donors (Lipinski definition) is 2. The molecule has 2 rings (SSSR count). The van der Waals surface area contributed by atoms with E-state index in [1.807, 2.05) is 38.4 Å². The summed E-state index contributed by atoms with van der Waals surface area (Å²) in [4.78, 5) is 14.0. The van der Waals surface area contributed by atoms with E-state index in [0.29, 0.717) is 13.2 Å².